The Kier molecular flexibility index (Phi) is 4.45. The van der Waals surface area contributed by atoms with Crippen molar-refractivity contribution in [1.29, 1.82) is 0 Å². The molecule has 3 atom stereocenters. The monoisotopic (exact) mass is 433 g/mol. The van der Waals surface area contributed by atoms with Gasteiger partial charge in [-0.1, -0.05) is 34.7 Å². The second-order valence-electron chi connectivity index (χ2n) is 5.68. The molecule has 0 aromatic carbocycles. The summed E-state index contributed by atoms with van der Waals surface area (Å²) in [4.78, 5) is 23.3. The molecule has 1 aliphatic heterocycles. The van der Waals surface area contributed by atoms with E-state index in [-0.39, 0.29) is 18.5 Å². The van der Waals surface area contributed by atoms with Crippen molar-refractivity contribution in [1.82, 2.24) is 4.90 Å². The average molecular weight is 435 g/mol. The Morgan fingerprint density at radius 1 is 1.42 bits per heavy atom. The molecule has 1 aromatic heterocycles. The zero-order valence-electron chi connectivity index (χ0n) is 12.5. The lowest BCUT2D eigenvalue weighted by atomic mass is 9.70. The van der Waals surface area contributed by atoms with Gasteiger partial charge >= 0.3 is 0 Å². The highest BCUT2D eigenvalue weighted by Gasteiger charge is 2.73. The second-order valence-corrected chi connectivity index (χ2v) is 7.42. The molecule has 1 fully saturated rings. The summed E-state index contributed by atoms with van der Waals surface area (Å²) in [5, 5.41) is 9.23. The fraction of sp³-hybridized carbons (Fsp3) is 0.375. The van der Waals surface area contributed by atoms with Crippen molar-refractivity contribution >= 4 is 50.9 Å². The van der Waals surface area contributed by atoms with Gasteiger partial charge in [-0.05, 0) is 24.1 Å². The third kappa shape index (κ3) is 2.10. The summed E-state index contributed by atoms with van der Waals surface area (Å²) >= 11 is 16.5. The SMILES string of the molecule is C=CC1=CCC2(Cl)C(=O)N(CBr)C(=O)C2(Cl)C1c1ccc(CO)o1. The maximum absolute atomic E-state index is 12.9. The molecule has 0 saturated carbocycles. The van der Waals surface area contributed by atoms with Gasteiger partial charge in [0.2, 0.25) is 0 Å². The number of imide groups is 1. The van der Waals surface area contributed by atoms with E-state index in [1.807, 2.05) is 0 Å². The predicted octanol–water partition coefficient (Wildman–Crippen LogP) is 3.05. The molecule has 0 bridgehead atoms. The lowest BCUT2D eigenvalue weighted by Crippen LogP contribution is -2.54. The molecule has 2 aliphatic rings. The van der Waals surface area contributed by atoms with Crippen LogP contribution in [0.4, 0.5) is 0 Å². The van der Waals surface area contributed by atoms with E-state index in [0.29, 0.717) is 17.1 Å². The van der Waals surface area contributed by atoms with Gasteiger partial charge in [0, 0.05) is 0 Å². The van der Waals surface area contributed by atoms with Gasteiger partial charge in [0.05, 0.1) is 11.4 Å². The zero-order valence-corrected chi connectivity index (χ0v) is 15.6. The summed E-state index contributed by atoms with van der Waals surface area (Å²) in [7, 11) is 0. The third-order valence-corrected chi connectivity index (χ3v) is 6.46. The molecule has 1 saturated heterocycles. The van der Waals surface area contributed by atoms with E-state index in [9.17, 15) is 14.7 Å². The van der Waals surface area contributed by atoms with Crippen LogP contribution in [0.5, 0.6) is 0 Å². The minimum absolute atomic E-state index is 0.00376. The lowest BCUT2D eigenvalue weighted by Gasteiger charge is -2.41. The van der Waals surface area contributed by atoms with E-state index in [2.05, 4.69) is 22.5 Å². The number of halogens is 3. The second kappa shape index (κ2) is 6.02. The number of aliphatic hydroxyl groups is 1. The molecule has 1 aliphatic carbocycles. The number of alkyl halides is 3. The number of rotatable bonds is 4. The van der Waals surface area contributed by atoms with Crippen LogP contribution in [0.25, 0.3) is 0 Å². The van der Waals surface area contributed by atoms with Gasteiger partial charge < -0.3 is 9.52 Å². The molecule has 2 heterocycles. The summed E-state index contributed by atoms with van der Waals surface area (Å²) in [5.41, 5.74) is 0.654. The summed E-state index contributed by atoms with van der Waals surface area (Å²) < 4.78 is 5.60. The molecule has 5 nitrogen and oxygen atoms in total. The van der Waals surface area contributed by atoms with Gasteiger partial charge in [0.1, 0.15) is 18.1 Å². The standard InChI is InChI=1S/C16H14BrCl2NO4/c1-2-9-5-6-15(18)13(22)20(8-17)14(23)16(15,19)12(9)11-4-3-10(7-21)24-11/h2-5,12,21H,1,6-8H2. The van der Waals surface area contributed by atoms with Crippen LogP contribution < -0.4 is 0 Å². The van der Waals surface area contributed by atoms with Crippen molar-refractivity contribution in [2.45, 2.75) is 28.7 Å². The van der Waals surface area contributed by atoms with Crippen LogP contribution in [-0.4, -0.2) is 37.0 Å². The Labute approximate surface area is 157 Å². The highest BCUT2D eigenvalue weighted by molar-refractivity contribution is 9.09. The Morgan fingerprint density at radius 3 is 2.67 bits per heavy atom. The number of carbonyl (C=O) groups excluding carboxylic acids is 2. The summed E-state index contributed by atoms with van der Waals surface area (Å²) in [6.07, 6.45) is 3.42. The Balaban J connectivity index is 2.22. The highest BCUT2D eigenvalue weighted by atomic mass is 79.9. The van der Waals surface area contributed by atoms with Crippen molar-refractivity contribution in [3.8, 4) is 0 Å². The first-order valence-electron chi connectivity index (χ1n) is 7.17. The molecule has 1 N–H and O–H groups in total. The number of hydrogen-bond acceptors (Lipinski definition) is 4. The van der Waals surface area contributed by atoms with Gasteiger partial charge in [-0.15, -0.1) is 23.2 Å². The molecule has 8 heteroatoms. The molecule has 0 spiro atoms. The summed E-state index contributed by atoms with van der Waals surface area (Å²) in [6, 6.07) is 3.21. The topological polar surface area (TPSA) is 70.8 Å². The predicted molar refractivity (Wildman–Crippen MR) is 93.1 cm³/mol. The molecule has 1 aromatic rings. The minimum atomic E-state index is -1.73. The van der Waals surface area contributed by atoms with Crippen LogP contribution in [0.15, 0.2) is 40.9 Å². The van der Waals surface area contributed by atoms with Gasteiger partial charge in [-0.25, -0.2) is 0 Å². The first-order chi connectivity index (χ1) is 11.3. The number of aliphatic hydroxyl groups excluding tert-OH is 1. The van der Waals surface area contributed by atoms with Gasteiger partial charge in [0.15, 0.2) is 9.75 Å². The molecular weight excluding hydrogens is 421 g/mol. The van der Waals surface area contributed by atoms with Crippen molar-refractivity contribution in [3.05, 3.63) is 48.0 Å². The number of fused-ring (bicyclic) bond motifs is 1. The van der Waals surface area contributed by atoms with Crippen molar-refractivity contribution < 1.29 is 19.1 Å². The summed E-state index contributed by atoms with van der Waals surface area (Å²) in [6.45, 7) is 3.47. The van der Waals surface area contributed by atoms with Gasteiger partial charge in [0.25, 0.3) is 11.8 Å². The normalized spacial score (nSPS) is 32.8. The minimum Gasteiger partial charge on any atom is -0.463 e. The third-order valence-electron chi connectivity index (χ3n) is 4.55. The fourth-order valence-electron chi connectivity index (χ4n) is 3.33. The van der Waals surface area contributed by atoms with E-state index in [4.69, 9.17) is 27.6 Å². The maximum Gasteiger partial charge on any atom is 0.254 e. The Hall–Kier alpha value is -1.08. The van der Waals surface area contributed by atoms with E-state index < -0.39 is 27.5 Å². The van der Waals surface area contributed by atoms with Crippen LogP contribution in [-0.2, 0) is 16.2 Å². The summed E-state index contributed by atoms with van der Waals surface area (Å²) in [5.74, 6) is -1.24. The first-order valence-corrected chi connectivity index (χ1v) is 9.05. The molecule has 2 amide bonds. The Bertz CT molecular complexity index is 761. The average Bonchev–Trinajstić information content (AvgIpc) is 3.10. The van der Waals surface area contributed by atoms with Gasteiger partial charge in [-0.2, -0.15) is 0 Å². The van der Waals surface area contributed by atoms with Crippen molar-refractivity contribution in [2.24, 2.45) is 0 Å². The van der Waals surface area contributed by atoms with Crippen LogP contribution in [0.1, 0.15) is 23.9 Å². The van der Waals surface area contributed by atoms with Crippen LogP contribution in [0, 0.1) is 0 Å². The number of allylic oxidation sites excluding steroid dienone is 3. The number of carbonyl (C=O) groups is 2. The molecular formula is C16H14BrCl2NO4. The van der Waals surface area contributed by atoms with E-state index in [1.54, 1.807) is 24.3 Å². The number of amides is 2. The number of likely N-dealkylation sites (tertiary alicyclic amines) is 1. The lowest BCUT2D eigenvalue weighted by molar-refractivity contribution is -0.138. The molecule has 24 heavy (non-hydrogen) atoms. The van der Waals surface area contributed by atoms with Crippen LogP contribution in [0.3, 0.4) is 0 Å². The fourth-order valence-corrected chi connectivity index (χ4v) is 4.64. The molecule has 0 radical (unpaired) electrons. The molecule has 3 unspecified atom stereocenters. The Morgan fingerprint density at radius 2 is 2.12 bits per heavy atom. The van der Waals surface area contributed by atoms with Crippen molar-refractivity contribution in [3.63, 3.8) is 0 Å². The quantitative estimate of drug-likeness (QED) is 0.449. The van der Waals surface area contributed by atoms with Gasteiger partial charge in [-0.3, -0.25) is 14.5 Å². The van der Waals surface area contributed by atoms with Crippen molar-refractivity contribution in [2.75, 3.05) is 5.45 Å². The number of hydrogen-bond donors (Lipinski definition) is 1. The molecule has 128 valence electrons. The maximum atomic E-state index is 12.9. The number of nitrogens with zero attached hydrogens (tertiary/aromatic N) is 1. The first kappa shape index (κ1) is 17.7. The largest absolute Gasteiger partial charge is 0.463 e. The van der Waals surface area contributed by atoms with E-state index in [1.165, 1.54) is 0 Å². The number of furan rings is 1. The smallest absolute Gasteiger partial charge is 0.254 e. The van der Waals surface area contributed by atoms with E-state index >= 15 is 0 Å². The highest BCUT2D eigenvalue weighted by Crippen LogP contribution is 2.59. The zero-order chi connectivity index (χ0) is 17.7. The van der Waals surface area contributed by atoms with Crippen LogP contribution >= 0.6 is 39.1 Å². The molecule has 3 rings (SSSR count). The van der Waals surface area contributed by atoms with E-state index in [0.717, 1.165) is 4.90 Å². The van der Waals surface area contributed by atoms with Crippen LogP contribution in [0.2, 0.25) is 0 Å².